The molecule has 6 heteroatoms. The first-order valence-electron chi connectivity index (χ1n) is 4.08. The van der Waals surface area contributed by atoms with Gasteiger partial charge in [0.25, 0.3) is 0 Å². The zero-order valence-electron chi connectivity index (χ0n) is 8.28. The van der Waals surface area contributed by atoms with Crippen molar-refractivity contribution in [3.8, 4) is 0 Å². The quantitative estimate of drug-likeness (QED) is 0.254. The van der Waals surface area contributed by atoms with Gasteiger partial charge >= 0.3 is 11.9 Å². The maximum Gasteiger partial charge on any atom is 0.319 e. The van der Waals surface area contributed by atoms with E-state index in [2.05, 4.69) is 9.47 Å². The summed E-state index contributed by atoms with van der Waals surface area (Å²) in [5.74, 6) is -1.33. The van der Waals surface area contributed by atoms with E-state index >= 15 is 0 Å². The van der Waals surface area contributed by atoms with Crippen LogP contribution in [0.4, 0.5) is 0 Å². The van der Waals surface area contributed by atoms with Crippen LogP contribution < -0.4 is 0 Å². The molecular formula is C8H14O6. The summed E-state index contributed by atoms with van der Waals surface area (Å²) in [6, 6.07) is 0. The molecule has 0 aliphatic heterocycles. The van der Waals surface area contributed by atoms with Crippen molar-refractivity contribution in [1.29, 1.82) is 0 Å². The van der Waals surface area contributed by atoms with Crippen molar-refractivity contribution in [1.82, 2.24) is 0 Å². The van der Waals surface area contributed by atoms with Crippen LogP contribution in [-0.4, -0.2) is 39.2 Å². The maximum absolute atomic E-state index is 10.8. The Morgan fingerprint density at radius 2 is 1.79 bits per heavy atom. The van der Waals surface area contributed by atoms with Gasteiger partial charge in [0.05, 0.1) is 7.11 Å². The Bertz CT molecular complexity index is 179. The van der Waals surface area contributed by atoms with Gasteiger partial charge in [0.15, 0.2) is 13.6 Å². The van der Waals surface area contributed by atoms with Gasteiger partial charge in [0.1, 0.15) is 6.42 Å². The second-order valence-corrected chi connectivity index (χ2v) is 2.20. The molecule has 0 bridgehead atoms. The molecule has 0 saturated heterocycles. The average Bonchev–Trinajstić information content (AvgIpc) is 2.17. The van der Waals surface area contributed by atoms with Gasteiger partial charge in [-0.3, -0.25) is 9.59 Å². The molecule has 0 aliphatic rings. The predicted octanol–water partition coefficient (Wildman–Crippen LogP) is 0.0608. The molecule has 14 heavy (non-hydrogen) atoms. The lowest BCUT2D eigenvalue weighted by atomic mass is 10.4. The van der Waals surface area contributed by atoms with Gasteiger partial charge in [0, 0.05) is 6.61 Å². The Labute approximate surface area is 82.1 Å². The molecule has 0 aliphatic carbocycles. The van der Waals surface area contributed by atoms with Gasteiger partial charge in [-0.25, -0.2) is 0 Å². The third-order valence-electron chi connectivity index (χ3n) is 1.19. The predicted molar refractivity (Wildman–Crippen MR) is 45.2 cm³/mol. The highest BCUT2D eigenvalue weighted by Crippen LogP contribution is 1.90. The second kappa shape index (κ2) is 8.46. The first-order chi connectivity index (χ1) is 6.70. The normalized spacial score (nSPS) is 9.57. The molecule has 0 heterocycles. The fourth-order valence-electron chi connectivity index (χ4n) is 0.525. The average molecular weight is 206 g/mol. The highest BCUT2D eigenvalue weighted by molar-refractivity contribution is 5.91. The van der Waals surface area contributed by atoms with Crippen LogP contribution in [0.1, 0.15) is 13.3 Å². The van der Waals surface area contributed by atoms with Gasteiger partial charge in [-0.15, -0.1) is 0 Å². The second-order valence-electron chi connectivity index (χ2n) is 2.20. The third-order valence-corrected chi connectivity index (χ3v) is 1.19. The van der Waals surface area contributed by atoms with Crippen molar-refractivity contribution in [2.24, 2.45) is 0 Å². The smallest absolute Gasteiger partial charge is 0.319 e. The van der Waals surface area contributed by atoms with Crippen molar-refractivity contribution in [2.75, 3.05) is 27.3 Å². The summed E-state index contributed by atoms with van der Waals surface area (Å²) >= 11 is 0. The van der Waals surface area contributed by atoms with Crippen LogP contribution in [-0.2, 0) is 28.5 Å². The number of ether oxygens (including phenoxy) is 4. The lowest BCUT2D eigenvalue weighted by Crippen LogP contribution is -2.14. The van der Waals surface area contributed by atoms with E-state index in [9.17, 15) is 9.59 Å². The first kappa shape index (κ1) is 12.9. The molecular weight excluding hydrogens is 192 g/mol. The minimum Gasteiger partial charge on any atom is -0.469 e. The molecule has 0 atom stereocenters. The van der Waals surface area contributed by atoms with E-state index in [1.807, 2.05) is 6.92 Å². The first-order valence-corrected chi connectivity index (χ1v) is 4.08. The summed E-state index contributed by atoms with van der Waals surface area (Å²) in [6.07, 6.45) is -0.408. The molecule has 82 valence electrons. The Hall–Kier alpha value is -1.14. The van der Waals surface area contributed by atoms with E-state index in [0.29, 0.717) is 6.61 Å². The largest absolute Gasteiger partial charge is 0.469 e. The van der Waals surface area contributed by atoms with Crippen LogP contribution in [0, 0.1) is 0 Å². The minimum atomic E-state index is -0.687. The summed E-state index contributed by atoms with van der Waals surface area (Å²) < 4.78 is 18.3. The Morgan fingerprint density at radius 3 is 2.36 bits per heavy atom. The molecule has 0 radical (unpaired) electrons. The number of hydrogen-bond donors (Lipinski definition) is 0. The van der Waals surface area contributed by atoms with Gasteiger partial charge in [-0.2, -0.15) is 0 Å². The fraction of sp³-hybridized carbons (Fsp3) is 0.750. The standard InChI is InChI=1S/C8H14O6/c1-3-12-5-13-6-14-8(10)4-7(9)11-2/h3-6H2,1-2H3. The summed E-state index contributed by atoms with van der Waals surface area (Å²) in [5, 5.41) is 0. The minimum absolute atomic E-state index is 0.0575. The van der Waals surface area contributed by atoms with Crippen LogP contribution in [0.2, 0.25) is 0 Å². The lowest BCUT2D eigenvalue weighted by molar-refractivity contribution is -0.170. The van der Waals surface area contributed by atoms with Crippen LogP contribution in [0.5, 0.6) is 0 Å². The number of hydrogen-bond acceptors (Lipinski definition) is 6. The summed E-state index contributed by atoms with van der Waals surface area (Å²) in [6.45, 7) is 2.17. The Morgan fingerprint density at radius 1 is 1.07 bits per heavy atom. The van der Waals surface area contributed by atoms with Crippen molar-refractivity contribution in [3.63, 3.8) is 0 Å². The van der Waals surface area contributed by atoms with Crippen molar-refractivity contribution < 1.29 is 28.5 Å². The highest BCUT2D eigenvalue weighted by atomic mass is 16.7. The number of rotatable bonds is 7. The molecule has 0 rings (SSSR count). The molecule has 0 saturated carbocycles. The van der Waals surface area contributed by atoms with Crippen LogP contribution >= 0.6 is 0 Å². The number of methoxy groups -OCH3 is 1. The SMILES string of the molecule is CCOCOCOC(=O)CC(=O)OC. The van der Waals surface area contributed by atoms with E-state index in [-0.39, 0.29) is 13.6 Å². The van der Waals surface area contributed by atoms with Gasteiger partial charge < -0.3 is 18.9 Å². The monoisotopic (exact) mass is 206 g/mol. The van der Waals surface area contributed by atoms with Crippen LogP contribution in [0.15, 0.2) is 0 Å². The molecule has 0 aromatic heterocycles. The molecule has 0 unspecified atom stereocenters. The Balaban J connectivity index is 3.31. The molecule has 0 spiro atoms. The number of esters is 2. The zero-order chi connectivity index (χ0) is 10.8. The van der Waals surface area contributed by atoms with Crippen LogP contribution in [0.3, 0.4) is 0 Å². The molecule has 0 amide bonds. The summed E-state index contributed by atoms with van der Waals surface area (Å²) in [5.41, 5.74) is 0. The van der Waals surface area contributed by atoms with Gasteiger partial charge in [0.2, 0.25) is 0 Å². The zero-order valence-corrected chi connectivity index (χ0v) is 8.28. The highest BCUT2D eigenvalue weighted by Gasteiger charge is 2.09. The van der Waals surface area contributed by atoms with E-state index in [4.69, 9.17) is 9.47 Å². The summed E-state index contributed by atoms with van der Waals surface area (Å²) in [4.78, 5) is 21.4. The molecule has 6 nitrogen and oxygen atoms in total. The van der Waals surface area contributed by atoms with Crippen molar-refractivity contribution >= 4 is 11.9 Å². The molecule has 0 N–H and O–H groups in total. The van der Waals surface area contributed by atoms with Gasteiger partial charge in [-0.05, 0) is 6.92 Å². The van der Waals surface area contributed by atoms with Gasteiger partial charge in [-0.1, -0.05) is 0 Å². The summed E-state index contributed by atoms with van der Waals surface area (Å²) in [7, 11) is 1.20. The van der Waals surface area contributed by atoms with E-state index in [0.717, 1.165) is 0 Å². The van der Waals surface area contributed by atoms with E-state index < -0.39 is 18.4 Å². The molecule has 0 aromatic carbocycles. The number of carbonyl (C=O) groups excluding carboxylic acids is 2. The van der Waals surface area contributed by atoms with E-state index in [1.165, 1.54) is 7.11 Å². The Kier molecular flexibility index (Phi) is 7.77. The lowest BCUT2D eigenvalue weighted by Gasteiger charge is -2.04. The van der Waals surface area contributed by atoms with Crippen LogP contribution in [0.25, 0.3) is 0 Å². The third kappa shape index (κ3) is 7.51. The molecule has 0 fully saturated rings. The molecule has 0 aromatic rings. The van der Waals surface area contributed by atoms with Crippen molar-refractivity contribution in [2.45, 2.75) is 13.3 Å². The topological polar surface area (TPSA) is 71.1 Å². The fourth-order valence-corrected chi connectivity index (χ4v) is 0.525. The maximum atomic E-state index is 10.8. The van der Waals surface area contributed by atoms with E-state index in [1.54, 1.807) is 0 Å². The number of carbonyl (C=O) groups is 2. The van der Waals surface area contributed by atoms with Crippen molar-refractivity contribution in [3.05, 3.63) is 0 Å².